The molecule has 0 saturated carbocycles. The quantitative estimate of drug-likeness (QED) is 0.697. The molecule has 3 aromatic rings. The Hall–Kier alpha value is -2.03. The first-order valence-corrected chi connectivity index (χ1v) is 8.18. The van der Waals surface area contributed by atoms with Gasteiger partial charge in [0.15, 0.2) is 0 Å². The molecule has 0 spiro atoms. The molecule has 1 N–H and O–H groups in total. The van der Waals surface area contributed by atoms with Crippen LogP contribution in [0.1, 0.15) is 22.6 Å². The second kappa shape index (κ2) is 5.55. The third kappa shape index (κ3) is 2.58. The number of likely N-dealkylation sites (N-methyl/N-ethyl adjacent to an activating group) is 1. The van der Waals surface area contributed by atoms with E-state index < -0.39 is 0 Å². The zero-order valence-corrected chi connectivity index (χ0v) is 13.7. The number of phenols is 1. The number of rotatable bonds is 1. The summed E-state index contributed by atoms with van der Waals surface area (Å²) in [5.41, 5.74) is 3.76. The molecule has 1 aliphatic heterocycles. The molecule has 1 unspecified atom stereocenters. The lowest BCUT2D eigenvalue weighted by molar-refractivity contribution is 0.294. The number of hydrogen-bond acceptors (Lipinski definition) is 2. The van der Waals surface area contributed by atoms with Crippen LogP contribution in [0.3, 0.4) is 0 Å². The standard InChI is InChI=1S/C20H18ClNO/c1-22-11-15-9-16(23)7-8-17(15)19(12-22)14-6-5-13-3-2-4-20(21)18(13)10-14/h2-10,19,23H,11-12H2,1H3. The van der Waals surface area contributed by atoms with Gasteiger partial charge in [0.05, 0.1) is 0 Å². The summed E-state index contributed by atoms with van der Waals surface area (Å²) in [5.74, 6) is 0.629. The summed E-state index contributed by atoms with van der Waals surface area (Å²) in [6, 6.07) is 18.3. The lowest BCUT2D eigenvalue weighted by atomic mass is 9.84. The molecule has 3 heteroatoms. The Morgan fingerprint density at radius 1 is 1.09 bits per heavy atom. The molecule has 0 aromatic heterocycles. The molecule has 0 saturated heterocycles. The molecular formula is C20H18ClNO. The van der Waals surface area contributed by atoms with Gasteiger partial charge in [-0.3, -0.25) is 0 Å². The number of phenolic OH excluding ortho intramolecular Hbond substituents is 1. The SMILES string of the molecule is CN1Cc2cc(O)ccc2C(c2ccc3cccc(Cl)c3c2)C1. The summed E-state index contributed by atoms with van der Waals surface area (Å²) in [7, 11) is 2.12. The second-order valence-electron chi connectivity index (χ2n) is 6.35. The Labute approximate surface area is 140 Å². The maximum Gasteiger partial charge on any atom is 0.115 e. The normalized spacial score (nSPS) is 18.1. The van der Waals surface area contributed by atoms with E-state index in [-0.39, 0.29) is 0 Å². The van der Waals surface area contributed by atoms with E-state index in [2.05, 4.69) is 42.3 Å². The molecule has 1 aliphatic rings. The average molecular weight is 324 g/mol. The number of hydrogen-bond donors (Lipinski definition) is 1. The van der Waals surface area contributed by atoms with Crippen molar-refractivity contribution in [2.75, 3.05) is 13.6 Å². The van der Waals surface area contributed by atoms with Crippen molar-refractivity contribution in [3.8, 4) is 5.75 Å². The molecule has 0 fully saturated rings. The van der Waals surface area contributed by atoms with E-state index in [1.165, 1.54) is 16.7 Å². The van der Waals surface area contributed by atoms with Crippen LogP contribution in [0.5, 0.6) is 5.75 Å². The van der Waals surface area contributed by atoms with Crippen LogP contribution in [0, 0.1) is 0 Å². The Morgan fingerprint density at radius 2 is 1.96 bits per heavy atom. The van der Waals surface area contributed by atoms with Crippen molar-refractivity contribution >= 4 is 22.4 Å². The smallest absolute Gasteiger partial charge is 0.115 e. The van der Waals surface area contributed by atoms with E-state index in [1.807, 2.05) is 18.2 Å². The van der Waals surface area contributed by atoms with E-state index in [4.69, 9.17) is 11.6 Å². The van der Waals surface area contributed by atoms with Crippen LogP contribution in [-0.4, -0.2) is 23.6 Å². The molecule has 23 heavy (non-hydrogen) atoms. The monoisotopic (exact) mass is 323 g/mol. The molecule has 3 aromatic carbocycles. The Kier molecular flexibility index (Phi) is 3.51. The third-order valence-corrected chi connectivity index (χ3v) is 5.02. The fourth-order valence-electron chi connectivity index (χ4n) is 3.59. The van der Waals surface area contributed by atoms with Gasteiger partial charge in [0.25, 0.3) is 0 Å². The summed E-state index contributed by atoms with van der Waals surface area (Å²) in [5, 5.41) is 12.8. The van der Waals surface area contributed by atoms with E-state index in [9.17, 15) is 5.11 Å². The van der Waals surface area contributed by atoms with Crippen molar-refractivity contribution in [2.45, 2.75) is 12.5 Å². The number of nitrogens with zero attached hydrogens (tertiary/aromatic N) is 1. The van der Waals surface area contributed by atoms with Gasteiger partial charge in [-0.15, -0.1) is 0 Å². The zero-order valence-electron chi connectivity index (χ0n) is 13.0. The van der Waals surface area contributed by atoms with Crippen LogP contribution >= 0.6 is 11.6 Å². The maximum atomic E-state index is 9.77. The molecule has 1 heterocycles. The summed E-state index contributed by atoms with van der Waals surface area (Å²) in [4.78, 5) is 2.29. The van der Waals surface area contributed by atoms with E-state index in [0.29, 0.717) is 11.7 Å². The number of benzene rings is 3. The zero-order chi connectivity index (χ0) is 16.0. The third-order valence-electron chi connectivity index (χ3n) is 4.69. The molecule has 116 valence electrons. The minimum atomic E-state index is 0.296. The molecule has 0 aliphatic carbocycles. The summed E-state index contributed by atoms with van der Waals surface area (Å²) in [6.45, 7) is 1.84. The first kappa shape index (κ1) is 14.6. The predicted octanol–water partition coefficient (Wildman–Crippen LogP) is 4.78. The highest BCUT2D eigenvalue weighted by Gasteiger charge is 2.25. The largest absolute Gasteiger partial charge is 0.508 e. The van der Waals surface area contributed by atoms with Crippen LogP contribution in [-0.2, 0) is 6.54 Å². The molecule has 1 atom stereocenters. The number of aromatic hydroxyl groups is 1. The van der Waals surface area contributed by atoms with Crippen molar-refractivity contribution in [3.05, 3.63) is 76.3 Å². The van der Waals surface area contributed by atoms with Crippen LogP contribution in [0.25, 0.3) is 10.8 Å². The predicted molar refractivity (Wildman–Crippen MR) is 95.2 cm³/mol. The molecule has 0 amide bonds. The van der Waals surface area contributed by atoms with Gasteiger partial charge in [-0.05, 0) is 53.4 Å². The minimum Gasteiger partial charge on any atom is -0.508 e. The number of halogens is 1. The summed E-state index contributed by atoms with van der Waals surface area (Å²) in [6.07, 6.45) is 0. The van der Waals surface area contributed by atoms with Gasteiger partial charge in [0.2, 0.25) is 0 Å². The van der Waals surface area contributed by atoms with Crippen molar-refractivity contribution in [2.24, 2.45) is 0 Å². The lowest BCUT2D eigenvalue weighted by Gasteiger charge is -2.32. The summed E-state index contributed by atoms with van der Waals surface area (Å²) >= 11 is 6.37. The number of fused-ring (bicyclic) bond motifs is 2. The first-order chi connectivity index (χ1) is 11.1. The highest BCUT2D eigenvalue weighted by atomic mass is 35.5. The Bertz CT molecular complexity index is 890. The van der Waals surface area contributed by atoms with Crippen LogP contribution < -0.4 is 0 Å². The fourth-order valence-corrected chi connectivity index (χ4v) is 3.82. The van der Waals surface area contributed by atoms with Crippen LogP contribution in [0.4, 0.5) is 0 Å². The Morgan fingerprint density at radius 3 is 2.83 bits per heavy atom. The Balaban J connectivity index is 1.86. The van der Waals surface area contributed by atoms with Crippen molar-refractivity contribution in [1.82, 2.24) is 4.90 Å². The first-order valence-electron chi connectivity index (χ1n) is 7.80. The van der Waals surface area contributed by atoms with Crippen molar-refractivity contribution in [1.29, 1.82) is 0 Å². The topological polar surface area (TPSA) is 23.5 Å². The van der Waals surface area contributed by atoms with Crippen LogP contribution in [0.2, 0.25) is 5.02 Å². The fraction of sp³-hybridized carbons (Fsp3) is 0.200. The maximum absolute atomic E-state index is 9.77. The van der Waals surface area contributed by atoms with Crippen molar-refractivity contribution in [3.63, 3.8) is 0 Å². The van der Waals surface area contributed by atoms with Gasteiger partial charge < -0.3 is 10.0 Å². The van der Waals surface area contributed by atoms with Gasteiger partial charge in [-0.2, -0.15) is 0 Å². The van der Waals surface area contributed by atoms with E-state index in [1.54, 1.807) is 6.07 Å². The van der Waals surface area contributed by atoms with Crippen LogP contribution in [0.15, 0.2) is 54.6 Å². The molecular weight excluding hydrogens is 306 g/mol. The minimum absolute atomic E-state index is 0.296. The van der Waals surface area contributed by atoms with Gasteiger partial charge in [0.1, 0.15) is 5.75 Å². The van der Waals surface area contributed by atoms with E-state index in [0.717, 1.165) is 28.9 Å². The van der Waals surface area contributed by atoms with Gasteiger partial charge in [0, 0.05) is 29.4 Å². The second-order valence-corrected chi connectivity index (χ2v) is 6.76. The van der Waals surface area contributed by atoms with E-state index >= 15 is 0 Å². The lowest BCUT2D eigenvalue weighted by Crippen LogP contribution is -2.30. The average Bonchev–Trinajstić information content (AvgIpc) is 2.54. The van der Waals surface area contributed by atoms with Gasteiger partial charge >= 0.3 is 0 Å². The molecule has 4 rings (SSSR count). The molecule has 0 bridgehead atoms. The molecule has 0 radical (unpaired) electrons. The highest BCUT2D eigenvalue weighted by molar-refractivity contribution is 6.35. The summed E-state index contributed by atoms with van der Waals surface area (Å²) < 4.78 is 0. The van der Waals surface area contributed by atoms with Gasteiger partial charge in [-0.25, -0.2) is 0 Å². The highest BCUT2D eigenvalue weighted by Crippen LogP contribution is 2.36. The molecule has 2 nitrogen and oxygen atoms in total. The van der Waals surface area contributed by atoms with Crippen molar-refractivity contribution < 1.29 is 5.11 Å². The van der Waals surface area contributed by atoms with Gasteiger partial charge in [-0.1, -0.05) is 41.9 Å².